The van der Waals surface area contributed by atoms with Gasteiger partial charge in [0.2, 0.25) is 0 Å². The molecule has 0 aliphatic carbocycles. The van der Waals surface area contributed by atoms with Crippen LogP contribution in [0.3, 0.4) is 0 Å². The molecule has 0 aliphatic rings. The summed E-state index contributed by atoms with van der Waals surface area (Å²) in [4.78, 5) is 0. The summed E-state index contributed by atoms with van der Waals surface area (Å²) < 4.78 is 6.91. The Morgan fingerprint density at radius 1 is 0.750 bits per heavy atom. The number of rotatable bonds is 11. The lowest BCUT2D eigenvalue weighted by Crippen LogP contribution is -2.51. The molecule has 0 rings (SSSR count). The summed E-state index contributed by atoms with van der Waals surface area (Å²) in [6.45, 7) is 16.0. The number of ether oxygens (including phenoxy) is 1. The monoisotopic (exact) mass is 230 g/mol. The normalized spacial score (nSPS) is 15.0. The summed E-state index contributed by atoms with van der Waals surface area (Å²) >= 11 is 0. The highest BCUT2D eigenvalue weighted by molar-refractivity contribution is 4.44. The van der Waals surface area contributed by atoms with Gasteiger partial charge in [0.1, 0.15) is 6.54 Å². The van der Waals surface area contributed by atoms with Crippen LogP contribution in [0.1, 0.15) is 53.4 Å². The Bertz CT molecular complexity index is 150. The van der Waals surface area contributed by atoms with E-state index in [0.717, 1.165) is 19.6 Å². The van der Waals surface area contributed by atoms with Crippen LogP contribution in [-0.2, 0) is 4.74 Å². The minimum atomic E-state index is 0.920. The smallest absolute Gasteiger partial charge is 0.102 e. The lowest BCUT2D eigenvalue weighted by Gasteiger charge is -2.37. The van der Waals surface area contributed by atoms with Crippen LogP contribution in [0.4, 0.5) is 0 Å². The first-order valence-corrected chi connectivity index (χ1v) is 7.17. The molecular formula is C14H32NO+. The highest BCUT2D eigenvalue weighted by Crippen LogP contribution is 2.11. The first-order valence-electron chi connectivity index (χ1n) is 7.17. The van der Waals surface area contributed by atoms with E-state index in [4.69, 9.17) is 4.74 Å². The molecule has 0 aliphatic heterocycles. The predicted molar refractivity (Wildman–Crippen MR) is 71.7 cm³/mol. The van der Waals surface area contributed by atoms with E-state index in [2.05, 4.69) is 27.7 Å². The summed E-state index contributed by atoms with van der Waals surface area (Å²) in [5.41, 5.74) is 0. The van der Waals surface area contributed by atoms with Gasteiger partial charge in [0.25, 0.3) is 0 Å². The molecule has 0 heterocycles. The molecule has 0 aromatic rings. The molecule has 0 fully saturated rings. The molecule has 1 atom stereocenters. The first-order chi connectivity index (χ1) is 7.74. The Morgan fingerprint density at radius 3 is 2.00 bits per heavy atom. The zero-order chi connectivity index (χ0) is 12.3. The van der Waals surface area contributed by atoms with Gasteiger partial charge in [-0.1, -0.05) is 27.2 Å². The number of unbranched alkanes of at least 4 members (excludes halogenated alkanes) is 1. The van der Waals surface area contributed by atoms with Crippen molar-refractivity contribution in [3.05, 3.63) is 0 Å². The maximum absolute atomic E-state index is 5.65. The van der Waals surface area contributed by atoms with Crippen molar-refractivity contribution in [3.63, 3.8) is 0 Å². The minimum Gasteiger partial charge on any atom is -0.376 e. The average Bonchev–Trinajstić information content (AvgIpc) is 2.31. The molecular weight excluding hydrogens is 198 g/mol. The topological polar surface area (TPSA) is 9.23 Å². The standard InChI is InChI=1S/C14H32NO/c1-5-9-11-15(8-4,10-6-2)12-14-16-13-7-3/h5-14H2,1-4H3/q+1. The molecule has 0 aromatic heterocycles. The number of likely N-dealkylation sites (N-methyl/N-ethyl adjacent to an activating group) is 1. The van der Waals surface area contributed by atoms with Gasteiger partial charge in [-0.3, -0.25) is 0 Å². The largest absolute Gasteiger partial charge is 0.376 e. The van der Waals surface area contributed by atoms with Crippen LogP contribution in [0.25, 0.3) is 0 Å². The summed E-state index contributed by atoms with van der Waals surface area (Å²) in [5, 5.41) is 0. The third-order valence-electron chi connectivity index (χ3n) is 3.41. The molecule has 1 unspecified atom stereocenters. The van der Waals surface area contributed by atoms with Gasteiger partial charge in [0.05, 0.1) is 26.2 Å². The van der Waals surface area contributed by atoms with Gasteiger partial charge in [-0.15, -0.1) is 0 Å². The van der Waals surface area contributed by atoms with Crippen LogP contribution in [-0.4, -0.2) is 43.9 Å². The van der Waals surface area contributed by atoms with Gasteiger partial charge >= 0.3 is 0 Å². The van der Waals surface area contributed by atoms with Crippen LogP contribution >= 0.6 is 0 Å². The van der Waals surface area contributed by atoms with Gasteiger partial charge in [-0.05, 0) is 26.2 Å². The first kappa shape index (κ1) is 15.9. The van der Waals surface area contributed by atoms with Crippen molar-refractivity contribution in [3.8, 4) is 0 Å². The fourth-order valence-electron chi connectivity index (χ4n) is 2.28. The summed E-state index contributed by atoms with van der Waals surface area (Å²) in [6, 6.07) is 0. The molecule has 0 N–H and O–H groups in total. The molecule has 0 radical (unpaired) electrons. The van der Waals surface area contributed by atoms with Crippen LogP contribution in [0, 0.1) is 0 Å². The van der Waals surface area contributed by atoms with Crippen molar-refractivity contribution in [2.24, 2.45) is 0 Å². The van der Waals surface area contributed by atoms with E-state index in [0.29, 0.717) is 0 Å². The Hall–Kier alpha value is -0.0800. The van der Waals surface area contributed by atoms with E-state index in [1.807, 2.05) is 0 Å². The summed E-state index contributed by atoms with van der Waals surface area (Å²) in [7, 11) is 0. The van der Waals surface area contributed by atoms with Gasteiger partial charge in [-0.25, -0.2) is 0 Å². The van der Waals surface area contributed by atoms with Crippen molar-refractivity contribution < 1.29 is 9.22 Å². The van der Waals surface area contributed by atoms with E-state index in [9.17, 15) is 0 Å². The molecule has 0 amide bonds. The number of nitrogens with zero attached hydrogens (tertiary/aromatic N) is 1. The van der Waals surface area contributed by atoms with Crippen LogP contribution in [0.2, 0.25) is 0 Å². The second-order valence-corrected chi connectivity index (χ2v) is 4.79. The molecule has 16 heavy (non-hydrogen) atoms. The Kier molecular flexibility index (Phi) is 10.0. The van der Waals surface area contributed by atoms with E-state index in [1.165, 1.54) is 49.9 Å². The Morgan fingerprint density at radius 2 is 1.50 bits per heavy atom. The number of hydrogen-bond acceptors (Lipinski definition) is 1. The van der Waals surface area contributed by atoms with Gasteiger partial charge in [0, 0.05) is 6.61 Å². The van der Waals surface area contributed by atoms with E-state index in [-0.39, 0.29) is 0 Å². The highest BCUT2D eigenvalue weighted by Gasteiger charge is 2.23. The van der Waals surface area contributed by atoms with Crippen LogP contribution < -0.4 is 0 Å². The maximum atomic E-state index is 5.65. The predicted octanol–water partition coefficient (Wildman–Crippen LogP) is 3.46. The third-order valence-corrected chi connectivity index (χ3v) is 3.41. The van der Waals surface area contributed by atoms with E-state index in [1.54, 1.807) is 0 Å². The molecule has 2 heteroatoms. The minimum absolute atomic E-state index is 0.920. The fourth-order valence-corrected chi connectivity index (χ4v) is 2.28. The van der Waals surface area contributed by atoms with Crippen molar-refractivity contribution in [1.29, 1.82) is 0 Å². The SMILES string of the molecule is CCCC[N+](CC)(CCC)CCOCCC. The van der Waals surface area contributed by atoms with Crippen molar-refractivity contribution in [2.75, 3.05) is 39.4 Å². The van der Waals surface area contributed by atoms with Gasteiger partial charge in [0.15, 0.2) is 0 Å². The molecule has 0 bridgehead atoms. The second-order valence-electron chi connectivity index (χ2n) is 4.79. The number of hydrogen-bond donors (Lipinski definition) is 0. The zero-order valence-electron chi connectivity index (χ0n) is 11.9. The summed E-state index contributed by atoms with van der Waals surface area (Å²) in [5.74, 6) is 0. The van der Waals surface area contributed by atoms with Gasteiger partial charge < -0.3 is 9.22 Å². The van der Waals surface area contributed by atoms with Crippen LogP contribution in [0.15, 0.2) is 0 Å². The average molecular weight is 230 g/mol. The lowest BCUT2D eigenvalue weighted by atomic mass is 10.2. The molecule has 2 nitrogen and oxygen atoms in total. The lowest BCUT2D eigenvalue weighted by molar-refractivity contribution is -0.927. The molecule has 0 aromatic carbocycles. The molecule has 98 valence electrons. The highest BCUT2D eigenvalue weighted by atomic mass is 16.5. The number of quaternary nitrogens is 1. The molecule has 0 saturated carbocycles. The van der Waals surface area contributed by atoms with Crippen molar-refractivity contribution in [1.82, 2.24) is 0 Å². The third kappa shape index (κ3) is 6.49. The zero-order valence-corrected chi connectivity index (χ0v) is 11.9. The van der Waals surface area contributed by atoms with E-state index >= 15 is 0 Å². The maximum Gasteiger partial charge on any atom is 0.102 e. The quantitative estimate of drug-likeness (QED) is 0.390. The van der Waals surface area contributed by atoms with Crippen molar-refractivity contribution in [2.45, 2.75) is 53.4 Å². The molecule has 0 saturated heterocycles. The summed E-state index contributed by atoms with van der Waals surface area (Å²) in [6.07, 6.45) is 5.07. The van der Waals surface area contributed by atoms with Crippen LogP contribution in [0.5, 0.6) is 0 Å². The second kappa shape index (κ2) is 10.1. The van der Waals surface area contributed by atoms with Crippen molar-refractivity contribution >= 4 is 0 Å². The Balaban J connectivity index is 4.04. The fraction of sp³-hybridized carbons (Fsp3) is 1.00. The Labute approximate surface area is 103 Å². The van der Waals surface area contributed by atoms with E-state index < -0.39 is 0 Å². The van der Waals surface area contributed by atoms with Gasteiger partial charge in [-0.2, -0.15) is 0 Å². The molecule has 0 spiro atoms.